The minimum Gasteiger partial charge on any atom is -0.502 e. The van der Waals surface area contributed by atoms with Crippen molar-refractivity contribution in [3.8, 4) is 17.2 Å². The average Bonchev–Trinajstić information content (AvgIpc) is 3.03. The van der Waals surface area contributed by atoms with Gasteiger partial charge in [-0.2, -0.15) is 0 Å². The number of ether oxygens (including phenoxy) is 2. The number of fused-ring (bicyclic) bond motifs is 1. The third kappa shape index (κ3) is 3.85. The van der Waals surface area contributed by atoms with Gasteiger partial charge in [0.2, 0.25) is 5.75 Å². The lowest BCUT2D eigenvalue weighted by Crippen LogP contribution is -2.15. The van der Waals surface area contributed by atoms with Crippen molar-refractivity contribution in [3.05, 3.63) is 33.6 Å². The van der Waals surface area contributed by atoms with Gasteiger partial charge in [0.25, 0.3) is 5.56 Å². The van der Waals surface area contributed by atoms with Crippen molar-refractivity contribution in [2.75, 3.05) is 14.2 Å². The average molecular weight is 432 g/mol. The van der Waals surface area contributed by atoms with E-state index >= 15 is 0 Å². The van der Waals surface area contributed by atoms with Gasteiger partial charge in [-0.05, 0) is 37.5 Å². The predicted molar refractivity (Wildman–Crippen MR) is 120 cm³/mol. The fourth-order valence-electron chi connectivity index (χ4n) is 4.47. The second kappa shape index (κ2) is 8.79. The zero-order chi connectivity index (χ0) is 21.3. The van der Waals surface area contributed by atoms with Crippen molar-refractivity contribution in [2.45, 2.75) is 63.2 Å². The molecule has 1 aromatic heterocycles. The van der Waals surface area contributed by atoms with E-state index in [9.17, 15) is 9.90 Å². The molecule has 2 aromatic rings. The van der Waals surface area contributed by atoms with Crippen LogP contribution in [0.4, 0.5) is 5.82 Å². The Labute approximate surface area is 180 Å². The van der Waals surface area contributed by atoms with E-state index in [4.69, 9.17) is 14.5 Å². The second-order valence-corrected chi connectivity index (χ2v) is 9.25. The Balaban J connectivity index is 1.80. The molecule has 1 unspecified atom stereocenters. The van der Waals surface area contributed by atoms with Crippen LogP contribution in [0.2, 0.25) is 0 Å². The molecule has 30 heavy (non-hydrogen) atoms. The Morgan fingerprint density at radius 2 is 1.70 bits per heavy atom. The maximum Gasteiger partial charge on any atom is 0.271 e. The highest BCUT2D eigenvalue weighted by molar-refractivity contribution is 8.14. The highest BCUT2D eigenvalue weighted by Crippen LogP contribution is 2.48. The molecule has 0 bridgehead atoms. The molecule has 1 atom stereocenters. The van der Waals surface area contributed by atoms with Gasteiger partial charge in [-0.15, -0.1) is 0 Å². The van der Waals surface area contributed by atoms with Crippen LogP contribution < -0.4 is 15.0 Å². The number of phenolic OH excluding ortho intramolecular Hbond substituents is 1. The van der Waals surface area contributed by atoms with Gasteiger partial charge >= 0.3 is 0 Å². The van der Waals surface area contributed by atoms with Gasteiger partial charge < -0.3 is 14.6 Å². The van der Waals surface area contributed by atoms with Crippen LogP contribution in [0.15, 0.2) is 21.9 Å². The number of phenols is 1. The molecule has 0 radical (unpaired) electrons. The van der Waals surface area contributed by atoms with E-state index in [1.165, 1.54) is 58.1 Å². The SMILES string of the molecule is COc1cc(C2SC(C)=Nc3c2c(=O)[nH]n3C2CCCCCCC2)cc(OC)c1O. The van der Waals surface area contributed by atoms with Crippen LogP contribution in [0.25, 0.3) is 0 Å². The van der Waals surface area contributed by atoms with Crippen LogP contribution in [-0.2, 0) is 0 Å². The fourth-order valence-corrected chi connectivity index (χ4v) is 5.55. The van der Waals surface area contributed by atoms with Crippen molar-refractivity contribution < 1.29 is 14.6 Å². The van der Waals surface area contributed by atoms with E-state index in [0.29, 0.717) is 17.1 Å². The molecule has 1 aromatic carbocycles. The normalized spacial score (nSPS) is 20.1. The number of thioether (sulfide) groups is 1. The number of rotatable bonds is 4. The van der Waals surface area contributed by atoms with Crippen LogP contribution in [-0.4, -0.2) is 34.2 Å². The molecule has 7 nitrogen and oxygen atoms in total. The second-order valence-electron chi connectivity index (χ2n) is 7.95. The number of aromatic nitrogens is 2. The predicted octanol–water partition coefficient (Wildman–Crippen LogP) is 5.07. The van der Waals surface area contributed by atoms with E-state index in [1.807, 2.05) is 11.6 Å². The molecule has 0 amide bonds. The van der Waals surface area contributed by atoms with Crippen LogP contribution in [0.5, 0.6) is 17.2 Å². The zero-order valence-electron chi connectivity index (χ0n) is 17.7. The van der Waals surface area contributed by atoms with E-state index in [1.54, 1.807) is 12.1 Å². The lowest BCUT2D eigenvalue weighted by Gasteiger charge is -2.25. The summed E-state index contributed by atoms with van der Waals surface area (Å²) < 4.78 is 12.7. The third-order valence-corrected chi connectivity index (χ3v) is 7.17. The number of hydrogen-bond acceptors (Lipinski definition) is 6. The summed E-state index contributed by atoms with van der Waals surface area (Å²) in [6.45, 7) is 1.97. The quantitative estimate of drug-likeness (QED) is 0.705. The van der Waals surface area contributed by atoms with Crippen LogP contribution in [0.3, 0.4) is 0 Å². The fraction of sp³-hybridized carbons (Fsp3) is 0.545. The summed E-state index contributed by atoms with van der Waals surface area (Å²) in [4.78, 5) is 17.9. The molecule has 2 heterocycles. The molecule has 1 aliphatic heterocycles. The minimum absolute atomic E-state index is 0.0452. The highest BCUT2D eigenvalue weighted by Gasteiger charge is 2.33. The zero-order valence-corrected chi connectivity index (χ0v) is 18.6. The van der Waals surface area contributed by atoms with Gasteiger partial charge in [0.05, 0.1) is 36.1 Å². The summed E-state index contributed by atoms with van der Waals surface area (Å²) in [6, 6.07) is 3.81. The molecule has 4 rings (SSSR count). The van der Waals surface area contributed by atoms with Crippen molar-refractivity contribution in [3.63, 3.8) is 0 Å². The van der Waals surface area contributed by atoms with Crippen LogP contribution >= 0.6 is 11.8 Å². The summed E-state index contributed by atoms with van der Waals surface area (Å²) in [5.74, 6) is 1.33. The number of H-pyrrole nitrogens is 1. The van der Waals surface area contributed by atoms with Gasteiger partial charge in [0.15, 0.2) is 17.3 Å². The summed E-state index contributed by atoms with van der Waals surface area (Å²) in [5.41, 5.74) is 1.39. The first-order valence-corrected chi connectivity index (χ1v) is 11.4. The topological polar surface area (TPSA) is 88.8 Å². The molecule has 2 N–H and O–H groups in total. The number of methoxy groups -OCH3 is 2. The Bertz CT molecular complexity index is 977. The maximum atomic E-state index is 13.1. The lowest BCUT2D eigenvalue weighted by molar-refractivity contribution is 0.339. The Kier molecular flexibility index (Phi) is 6.13. The number of aliphatic imine (C=N–C) groups is 1. The monoisotopic (exact) mass is 431 g/mol. The van der Waals surface area contributed by atoms with Gasteiger partial charge in [0, 0.05) is 0 Å². The Hall–Kier alpha value is -2.35. The maximum absolute atomic E-state index is 13.1. The van der Waals surface area contributed by atoms with E-state index < -0.39 is 0 Å². The molecule has 1 aliphatic carbocycles. The number of benzene rings is 1. The van der Waals surface area contributed by atoms with Crippen molar-refractivity contribution in [1.82, 2.24) is 9.78 Å². The first kappa shape index (κ1) is 20.9. The number of aromatic hydroxyl groups is 1. The number of nitrogens with zero attached hydrogens (tertiary/aromatic N) is 2. The number of hydrogen-bond donors (Lipinski definition) is 2. The Morgan fingerprint density at radius 1 is 1.10 bits per heavy atom. The number of aromatic amines is 1. The standard InChI is InChI=1S/C22H29N3O4S/c1-13-23-21-18(22(27)24-25(21)15-9-7-5-4-6-8-10-15)20(30-13)14-11-16(28-2)19(26)17(12-14)29-3/h11-12,15,20,26H,4-10H2,1-3H3,(H,24,27). The summed E-state index contributed by atoms with van der Waals surface area (Å²) in [7, 11) is 3.00. The highest BCUT2D eigenvalue weighted by atomic mass is 32.2. The molecular weight excluding hydrogens is 402 g/mol. The van der Waals surface area contributed by atoms with E-state index in [2.05, 4.69) is 5.10 Å². The van der Waals surface area contributed by atoms with Crippen LogP contribution in [0.1, 0.15) is 74.3 Å². The van der Waals surface area contributed by atoms with E-state index in [0.717, 1.165) is 29.3 Å². The molecule has 0 spiro atoms. The van der Waals surface area contributed by atoms with Crippen molar-refractivity contribution >= 4 is 22.6 Å². The van der Waals surface area contributed by atoms with Gasteiger partial charge in [0.1, 0.15) is 0 Å². The first-order chi connectivity index (χ1) is 14.5. The molecule has 1 fully saturated rings. The molecule has 1 saturated carbocycles. The van der Waals surface area contributed by atoms with Crippen LogP contribution in [0, 0.1) is 0 Å². The largest absolute Gasteiger partial charge is 0.502 e. The molecule has 2 aliphatic rings. The summed E-state index contributed by atoms with van der Waals surface area (Å²) in [6.07, 6.45) is 8.26. The van der Waals surface area contributed by atoms with Crippen molar-refractivity contribution in [2.24, 2.45) is 4.99 Å². The molecular formula is C22H29N3O4S. The van der Waals surface area contributed by atoms with E-state index in [-0.39, 0.29) is 22.6 Å². The van der Waals surface area contributed by atoms with Gasteiger partial charge in [-0.3, -0.25) is 14.6 Å². The Morgan fingerprint density at radius 3 is 2.30 bits per heavy atom. The molecule has 0 saturated heterocycles. The lowest BCUT2D eigenvalue weighted by atomic mass is 9.96. The molecule has 162 valence electrons. The smallest absolute Gasteiger partial charge is 0.271 e. The minimum atomic E-state index is -0.251. The third-order valence-electron chi connectivity index (χ3n) is 5.99. The van der Waals surface area contributed by atoms with Gasteiger partial charge in [-0.25, -0.2) is 4.99 Å². The summed E-state index contributed by atoms with van der Waals surface area (Å²) in [5, 5.41) is 14.0. The van der Waals surface area contributed by atoms with Gasteiger partial charge in [-0.1, -0.05) is 43.9 Å². The van der Waals surface area contributed by atoms with Crippen molar-refractivity contribution in [1.29, 1.82) is 0 Å². The number of nitrogens with one attached hydrogen (secondary N) is 1. The molecule has 8 heteroatoms. The summed E-state index contributed by atoms with van der Waals surface area (Å²) >= 11 is 1.53. The first-order valence-electron chi connectivity index (χ1n) is 10.5.